The van der Waals surface area contributed by atoms with Gasteiger partial charge < -0.3 is 5.11 Å². The SMILES string of the molecule is Cc1ccc(-c2ccc(C(C)(O)CCC#N)cc2)cc1. The van der Waals surface area contributed by atoms with Gasteiger partial charge in [0.1, 0.15) is 0 Å². The molecule has 0 aliphatic heterocycles. The van der Waals surface area contributed by atoms with E-state index in [2.05, 4.69) is 37.3 Å². The topological polar surface area (TPSA) is 44.0 Å². The summed E-state index contributed by atoms with van der Waals surface area (Å²) in [6, 6.07) is 18.3. The van der Waals surface area contributed by atoms with Crippen LogP contribution >= 0.6 is 0 Å². The molecule has 0 radical (unpaired) electrons. The lowest BCUT2D eigenvalue weighted by Crippen LogP contribution is -2.20. The maximum atomic E-state index is 10.4. The lowest BCUT2D eigenvalue weighted by molar-refractivity contribution is 0.0492. The quantitative estimate of drug-likeness (QED) is 0.901. The summed E-state index contributed by atoms with van der Waals surface area (Å²) in [5.41, 5.74) is 3.44. The Hall–Kier alpha value is -2.11. The minimum Gasteiger partial charge on any atom is -0.385 e. The highest BCUT2D eigenvalue weighted by atomic mass is 16.3. The Balaban J connectivity index is 2.22. The van der Waals surface area contributed by atoms with Gasteiger partial charge >= 0.3 is 0 Å². The Morgan fingerprint density at radius 2 is 1.50 bits per heavy atom. The van der Waals surface area contributed by atoms with E-state index in [0.717, 1.165) is 11.1 Å². The Labute approximate surface area is 120 Å². The second kappa shape index (κ2) is 5.90. The zero-order valence-corrected chi connectivity index (χ0v) is 11.9. The van der Waals surface area contributed by atoms with E-state index in [1.54, 1.807) is 6.92 Å². The van der Waals surface area contributed by atoms with Gasteiger partial charge in [-0.3, -0.25) is 0 Å². The van der Waals surface area contributed by atoms with E-state index >= 15 is 0 Å². The largest absolute Gasteiger partial charge is 0.385 e. The molecule has 0 saturated heterocycles. The van der Waals surface area contributed by atoms with Gasteiger partial charge in [-0.15, -0.1) is 0 Å². The molecule has 2 nitrogen and oxygen atoms in total. The van der Waals surface area contributed by atoms with E-state index in [-0.39, 0.29) is 0 Å². The van der Waals surface area contributed by atoms with Crippen LogP contribution in [0.4, 0.5) is 0 Å². The van der Waals surface area contributed by atoms with Crippen LogP contribution in [0, 0.1) is 18.3 Å². The summed E-state index contributed by atoms with van der Waals surface area (Å²) < 4.78 is 0. The van der Waals surface area contributed by atoms with E-state index < -0.39 is 5.60 Å². The molecule has 2 aromatic carbocycles. The maximum absolute atomic E-state index is 10.4. The van der Waals surface area contributed by atoms with Crippen molar-refractivity contribution in [2.24, 2.45) is 0 Å². The van der Waals surface area contributed by atoms with Gasteiger partial charge in [-0.2, -0.15) is 5.26 Å². The molecule has 0 spiro atoms. The lowest BCUT2D eigenvalue weighted by atomic mass is 9.90. The maximum Gasteiger partial charge on any atom is 0.0878 e. The van der Waals surface area contributed by atoms with Crippen molar-refractivity contribution in [3.8, 4) is 17.2 Å². The number of aryl methyl sites for hydroxylation is 1. The third-order valence-electron chi connectivity index (χ3n) is 3.62. The summed E-state index contributed by atoms with van der Waals surface area (Å²) in [6.45, 7) is 3.82. The monoisotopic (exact) mass is 265 g/mol. The van der Waals surface area contributed by atoms with E-state index in [1.807, 2.05) is 24.3 Å². The number of hydrogen-bond acceptors (Lipinski definition) is 2. The Morgan fingerprint density at radius 3 is 2.00 bits per heavy atom. The van der Waals surface area contributed by atoms with Crippen molar-refractivity contribution >= 4 is 0 Å². The molecular weight excluding hydrogens is 246 g/mol. The van der Waals surface area contributed by atoms with Gasteiger partial charge in [0.2, 0.25) is 0 Å². The molecular formula is C18H19NO. The van der Waals surface area contributed by atoms with Crippen molar-refractivity contribution in [3.05, 3.63) is 59.7 Å². The Morgan fingerprint density at radius 1 is 1.00 bits per heavy atom. The van der Waals surface area contributed by atoms with Crippen LogP contribution in [0.25, 0.3) is 11.1 Å². The average Bonchev–Trinajstić information content (AvgIpc) is 2.46. The van der Waals surface area contributed by atoms with Crippen molar-refractivity contribution in [3.63, 3.8) is 0 Å². The predicted octanol–water partition coefficient (Wildman–Crippen LogP) is 4.17. The number of nitriles is 1. The van der Waals surface area contributed by atoms with Crippen molar-refractivity contribution < 1.29 is 5.11 Å². The highest BCUT2D eigenvalue weighted by molar-refractivity contribution is 5.64. The molecule has 0 heterocycles. The van der Waals surface area contributed by atoms with Gasteiger partial charge in [-0.1, -0.05) is 54.1 Å². The van der Waals surface area contributed by atoms with Gasteiger partial charge in [-0.25, -0.2) is 0 Å². The molecule has 0 saturated carbocycles. The van der Waals surface area contributed by atoms with Crippen LogP contribution in [0.2, 0.25) is 0 Å². The fraction of sp³-hybridized carbons (Fsp3) is 0.278. The van der Waals surface area contributed by atoms with E-state index in [1.165, 1.54) is 11.1 Å². The number of hydrogen-bond donors (Lipinski definition) is 1. The van der Waals surface area contributed by atoms with E-state index in [9.17, 15) is 5.11 Å². The van der Waals surface area contributed by atoms with Crippen LogP contribution in [0.1, 0.15) is 30.9 Å². The summed E-state index contributed by atoms with van der Waals surface area (Å²) in [4.78, 5) is 0. The predicted molar refractivity (Wildman–Crippen MR) is 81.0 cm³/mol. The van der Waals surface area contributed by atoms with Crippen molar-refractivity contribution in [2.45, 2.75) is 32.3 Å². The second-order valence-corrected chi connectivity index (χ2v) is 5.38. The summed E-state index contributed by atoms with van der Waals surface area (Å²) >= 11 is 0. The van der Waals surface area contributed by atoms with Gasteiger partial charge in [0.25, 0.3) is 0 Å². The molecule has 0 bridgehead atoms. The van der Waals surface area contributed by atoms with Gasteiger partial charge in [0.05, 0.1) is 11.7 Å². The number of benzene rings is 2. The van der Waals surface area contributed by atoms with E-state index in [0.29, 0.717) is 12.8 Å². The minimum absolute atomic E-state index is 0.354. The van der Waals surface area contributed by atoms with E-state index in [4.69, 9.17) is 5.26 Å². The number of rotatable bonds is 4. The molecule has 0 amide bonds. The molecule has 2 aromatic rings. The normalized spacial score (nSPS) is 13.5. The molecule has 20 heavy (non-hydrogen) atoms. The van der Waals surface area contributed by atoms with Gasteiger partial charge in [0, 0.05) is 6.42 Å². The number of aliphatic hydroxyl groups is 1. The van der Waals surface area contributed by atoms with Crippen LogP contribution in [0.3, 0.4) is 0 Å². The van der Waals surface area contributed by atoms with Crippen molar-refractivity contribution in [1.29, 1.82) is 5.26 Å². The first-order valence-corrected chi connectivity index (χ1v) is 6.80. The third kappa shape index (κ3) is 3.26. The fourth-order valence-corrected chi connectivity index (χ4v) is 2.21. The summed E-state index contributed by atoms with van der Waals surface area (Å²) in [6.07, 6.45) is 0.806. The molecule has 2 rings (SSSR count). The molecule has 0 aromatic heterocycles. The zero-order valence-electron chi connectivity index (χ0n) is 11.9. The Bertz CT molecular complexity index is 603. The fourth-order valence-electron chi connectivity index (χ4n) is 2.21. The van der Waals surface area contributed by atoms with Gasteiger partial charge in [-0.05, 0) is 37.0 Å². The molecule has 0 fully saturated rings. The highest BCUT2D eigenvalue weighted by Crippen LogP contribution is 2.28. The van der Waals surface area contributed by atoms with Crippen LogP contribution in [-0.4, -0.2) is 5.11 Å². The third-order valence-corrected chi connectivity index (χ3v) is 3.62. The molecule has 0 aliphatic rings. The van der Waals surface area contributed by atoms with Crippen LogP contribution in [0.5, 0.6) is 0 Å². The summed E-state index contributed by atoms with van der Waals surface area (Å²) in [5.74, 6) is 0. The molecule has 0 aliphatic carbocycles. The minimum atomic E-state index is -0.943. The van der Waals surface area contributed by atoms with Crippen molar-refractivity contribution in [2.75, 3.05) is 0 Å². The average molecular weight is 265 g/mol. The van der Waals surface area contributed by atoms with Crippen LogP contribution in [-0.2, 0) is 5.60 Å². The van der Waals surface area contributed by atoms with Gasteiger partial charge in [0.15, 0.2) is 0 Å². The standard InChI is InChI=1S/C18H19NO/c1-14-4-6-15(7-5-14)16-8-10-17(11-9-16)18(2,20)12-3-13-19/h4-11,20H,3,12H2,1-2H3. The zero-order chi connectivity index (χ0) is 14.6. The number of nitrogens with zero attached hydrogens (tertiary/aromatic N) is 1. The van der Waals surface area contributed by atoms with Crippen LogP contribution < -0.4 is 0 Å². The smallest absolute Gasteiger partial charge is 0.0878 e. The molecule has 1 N–H and O–H groups in total. The lowest BCUT2D eigenvalue weighted by Gasteiger charge is -2.22. The molecule has 2 heteroatoms. The first-order chi connectivity index (χ1) is 9.53. The Kier molecular flexibility index (Phi) is 4.22. The first kappa shape index (κ1) is 14.3. The molecule has 1 atom stereocenters. The van der Waals surface area contributed by atoms with Crippen molar-refractivity contribution in [1.82, 2.24) is 0 Å². The molecule has 102 valence electrons. The summed E-state index contributed by atoms with van der Waals surface area (Å²) in [7, 11) is 0. The first-order valence-electron chi connectivity index (χ1n) is 6.80. The summed E-state index contributed by atoms with van der Waals surface area (Å²) in [5, 5.41) is 19.0. The molecule has 1 unspecified atom stereocenters. The highest BCUT2D eigenvalue weighted by Gasteiger charge is 2.22. The van der Waals surface area contributed by atoms with Crippen LogP contribution in [0.15, 0.2) is 48.5 Å². The second-order valence-electron chi connectivity index (χ2n) is 5.38.